The number of hydrazine groups is 1. The van der Waals surface area contributed by atoms with Crippen molar-refractivity contribution in [2.24, 2.45) is 0 Å². The van der Waals surface area contributed by atoms with Gasteiger partial charge in [-0.25, -0.2) is 13.4 Å². The van der Waals surface area contributed by atoms with E-state index in [1.807, 2.05) is 29.1 Å². The Balaban J connectivity index is 1.58. The Morgan fingerprint density at radius 3 is 2.65 bits per heavy atom. The highest BCUT2D eigenvalue weighted by Crippen LogP contribution is 2.12. The number of hydrogen-bond donors (Lipinski definition) is 2. The molecule has 0 bridgehead atoms. The highest BCUT2D eigenvalue weighted by atomic mass is 35.5. The van der Waals surface area contributed by atoms with Crippen molar-refractivity contribution in [2.75, 3.05) is 0 Å². The topological polar surface area (TPSA) is 93.1 Å². The molecule has 9 heteroatoms. The number of carbonyl (C=O) groups excluding carboxylic acids is 1. The fourth-order valence-electron chi connectivity index (χ4n) is 2.23. The van der Waals surface area contributed by atoms with Gasteiger partial charge in [-0.15, -0.1) is 4.83 Å². The van der Waals surface area contributed by atoms with Crippen LogP contribution >= 0.6 is 11.6 Å². The van der Waals surface area contributed by atoms with Crippen molar-refractivity contribution in [3.8, 4) is 0 Å². The number of rotatable bonds is 6. The van der Waals surface area contributed by atoms with E-state index >= 15 is 0 Å². The lowest BCUT2D eigenvalue weighted by molar-refractivity contribution is -0.122. The minimum absolute atomic E-state index is 0.0655. The maximum Gasteiger partial charge on any atom is 0.254 e. The number of aromatic nitrogens is 2. The van der Waals surface area contributed by atoms with E-state index in [0.29, 0.717) is 10.6 Å². The van der Waals surface area contributed by atoms with Crippen LogP contribution in [0.5, 0.6) is 0 Å². The summed E-state index contributed by atoms with van der Waals surface area (Å²) in [7, 11) is -3.83. The molecule has 1 heterocycles. The van der Waals surface area contributed by atoms with Gasteiger partial charge in [0.25, 0.3) is 15.9 Å². The van der Waals surface area contributed by atoms with Gasteiger partial charge in [0.15, 0.2) is 0 Å². The summed E-state index contributed by atoms with van der Waals surface area (Å²) in [6.45, 7) is -0.0655. The summed E-state index contributed by atoms with van der Waals surface area (Å²) in [5.74, 6) is -0.517. The van der Waals surface area contributed by atoms with E-state index in [2.05, 4.69) is 10.4 Å². The number of sulfonamides is 1. The zero-order valence-electron chi connectivity index (χ0n) is 13.5. The Hall–Kier alpha value is -2.68. The standard InChI is InChI=1S/C17H15ClN4O3S/c18-14-7-5-13(6-8-14)9-10-26(24,25)21-20-17(23)11-22-12-19-15-3-1-2-4-16(15)22/h1-10,12,21H,11H2,(H,20,23)/b10-9+. The van der Waals surface area contributed by atoms with Gasteiger partial charge in [0.2, 0.25) is 0 Å². The van der Waals surface area contributed by atoms with Crippen molar-refractivity contribution in [3.05, 3.63) is 70.9 Å². The maximum atomic E-state index is 12.0. The maximum absolute atomic E-state index is 12.0. The third-order valence-electron chi connectivity index (χ3n) is 3.48. The third-order valence-corrected chi connectivity index (χ3v) is 4.62. The molecule has 0 fully saturated rings. The molecule has 0 aliphatic heterocycles. The summed E-state index contributed by atoms with van der Waals surface area (Å²) in [6.07, 6.45) is 2.92. The third kappa shape index (κ3) is 4.69. The molecule has 3 rings (SSSR count). The van der Waals surface area contributed by atoms with E-state index in [1.54, 1.807) is 28.8 Å². The molecule has 134 valence electrons. The largest absolute Gasteiger partial charge is 0.321 e. The second-order valence-electron chi connectivity index (χ2n) is 5.41. The van der Waals surface area contributed by atoms with E-state index in [1.165, 1.54) is 12.4 Å². The van der Waals surface area contributed by atoms with Crippen molar-refractivity contribution >= 4 is 44.6 Å². The fourth-order valence-corrected chi connectivity index (χ4v) is 3.02. The predicted molar refractivity (Wildman–Crippen MR) is 100 cm³/mol. The highest BCUT2D eigenvalue weighted by molar-refractivity contribution is 7.92. The molecule has 26 heavy (non-hydrogen) atoms. The SMILES string of the molecule is O=C(Cn1cnc2ccccc21)NNS(=O)(=O)/C=C/c1ccc(Cl)cc1. The highest BCUT2D eigenvalue weighted by Gasteiger charge is 2.10. The van der Waals surface area contributed by atoms with Gasteiger partial charge in [-0.3, -0.25) is 10.2 Å². The zero-order chi connectivity index (χ0) is 18.6. The molecule has 2 aromatic carbocycles. The van der Waals surface area contributed by atoms with Crippen molar-refractivity contribution < 1.29 is 13.2 Å². The van der Waals surface area contributed by atoms with Crippen LogP contribution in [0.2, 0.25) is 5.02 Å². The minimum Gasteiger partial charge on any atom is -0.321 e. The van der Waals surface area contributed by atoms with Crippen LogP contribution in [0.4, 0.5) is 0 Å². The van der Waals surface area contributed by atoms with E-state index in [-0.39, 0.29) is 6.54 Å². The number of nitrogens with zero attached hydrogens (tertiary/aromatic N) is 2. The summed E-state index contributed by atoms with van der Waals surface area (Å²) in [5.41, 5.74) is 4.38. The average molecular weight is 391 g/mol. The number of carbonyl (C=O) groups is 1. The normalized spacial score (nSPS) is 11.9. The van der Waals surface area contributed by atoms with Gasteiger partial charge in [0.05, 0.1) is 17.4 Å². The molecule has 0 aliphatic carbocycles. The van der Waals surface area contributed by atoms with Crippen molar-refractivity contribution in [2.45, 2.75) is 6.54 Å². The molecule has 1 amide bonds. The van der Waals surface area contributed by atoms with Crippen LogP contribution in [0.1, 0.15) is 5.56 Å². The summed E-state index contributed by atoms with van der Waals surface area (Å²) in [6, 6.07) is 14.0. The van der Waals surface area contributed by atoms with Gasteiger partial charge in [-0.2, -0.15) is 0 Å². The number of para-hydroxylation sites is 2. The van der Waals surface area contributed by atoms with Crippen LogP contribution in [0.3, 0.4) is 0 Å². The van der Waals surface area contributed by atoms with Gasteiger partial charge < -0.3 is 4.57 Å². The second kappa shape index (κ2) is 7.69. The summed E-state index contributed by atoms with van der Waals surface area (Å²) < 4.78 is 25.5. The lowest BCUT2D eigenvalue weighted by Crippen LogP contribution is -2.42. The van der Waals surface area contributed by atoms with E-state index in [0.717, 1.165) is 16.4 Å². The number of imidazole rings is 1. The first kappa shape index (κ1) is 18.1. The zero-order valence-corrected chi connectivity index (χ0v) is 15.0. The summed E-state index contributed by atoms with van der Waals surface area (Å²) in [5, 5.41) is 1.52. The number of nitrogens with one attached hydrogen (secondary N) is 2. The lowest BCUT2D eigenvalue weighted by Gasteiger charge is -2.07. The fraction of sp³-hybridized carbons (Fsp3) is 0.0588. The molecule has 0 unspecified atom stereocenters. The molecule has 1 aromatic heterocycles. The van der Waals surface area contributed by atoms with Crippen LogP contribution in [-0.2, 0) is 21.4 Å². The van der Waals surface area contributed by atoms with Crippen LogP contribution in [0.25, 0.3) is 17.1 Å². The second-order valence-corrected chi connectivity index (χ2v) is 7.41. The Morgan fingerprint density at radius 2 is 1.88 bits per heavy atom. The Kier molecular flexibility index (Phi) is 5.36. The van der Waals surface area contributed by atoms with Crippen molar-refractivity contribution in [1.29, 1.82) is 0 Å². The minimum atomic E-state index is -3.83. The van der Waals surface area contributed by atoms with Crippen molar-refractivity contribution in [3.63, 3.8) is 0 Å². The average Bonchev–Trinajstić information content (AvgIpc) is 3.03. The molecule has 0 saturated heterocycles. The van der Waals surface area contributed by atoms with Gasteiger partial charge in [0, 0.05) is 10.4 Å². The first-order chi connectivity index (χ1) is 12.4. The number of benzene rings is 2. The van der Waals surface area contributed by atoms with Crippen molar-refractivity contribution in [1.82, 2.24) is 19.8 Å². The first-order valence-corrected chi connectivity index (χ1v) is 9.49. The Labute approximate surface area is 155 Å². The number of fused-ring (bicyclic) bond motifs is 1. The molecule has 0 aliphatic rings. The monoisotopic (exact) mass is 390 g/mol. The quantitative estimate of drug-likeness (QED) is 0.631. The van der Waals surface area contributed by atoms with Crippen LogP contribution in [0, 0.1) is 0 Å². The molecule has 3 aromatic rings. The van der Waals surface area contributed by atoms with E-state index < -0.39 is 15.9 Å². The molecule has 7 nitrogen and oxygen atoms in total. The number of amides is 1. The number of halogens is 1. The van der Waals surface area contributed by atoms with Gasteiger partial charge in [0.1, 0.15) is 6.54 Å². The van der Waals surface area contributed by atoms with Gasteiger partial charge >= 0.3 is 0 Å². The predicted octanol–water partition coefficient (Wildman–Crippen LogP) is 2.31. The van der Waals surface area contributed by atoms with Gasteiger partial charge in [-0.05, 0) is 35.9 Å². The molecular weight excluding hydrogens is 376 g/mol. The summed E-state index contributed by atoms with van der Waals surface area (Å²) >= 11 is 5.77. The molecule has 0 atom stereocenters. The van der Waals surface area contributed by atoms with Crippen LogP contribution in [-0.4, -0.2) is 23.9 Å². The Morgan fingerprint density at radius 1 is 1.15 bits per heavy atom. The molecule has 0 spiro atoms. The first-order valence-electron chi connectivity index (χ1n) is 7.57. The molecule has 2 N–H and O–H groups in total. The molecule has 0 radical (unpaired) electrons. The molecular formula is C17H15ClN4O3S. The Bertz CT molecular complexity index is 1060. The molecule has 0 saturated carbocycles. The van der Waals surface area contributed by atoms with E-state index in [9.17, 15) is 13.2 Å². The van der Waals surface area contributed by atoms with Crippen LogP contribution < -0.4 is 10.3 Å². The number of hydrogen-bond acceptors (Lipinski definition) is 4. The smallest absolute Gasteiger partial charge is 0.254 e. The summed E-state index contributed by atoms with van der Waals surface area (Å²) in [4.78, 5) is 18.2. The van der Waals surface area contributed by atoms with Gasteiger partial charge in [-0.1, -0.05) is 35.9 Å². The lowest BCUT2D eigenvalue weighted by atomic mass is 10.2. The van der Waals surface area contributed by atoms with E-state index in [4.69, 9.17) is 11.6 Å². The van der Waals surface area contributed by atoms with Crippen LogP contribution in [0.15, 0.2) is 60.3 Å².